The van der Waals surface area contributed by atoms with Crippen LogP contribution < -0.4 is 10.1 Å². The van der Waals surface area contributed by atoms with Crippen LogP contribution in [0.15, 0.2) is 47.8 Å². The van der Waals surface area contributed by atoms with Crippen LogP contribution in [0.2, 0.25) is 0 Å². The van der Waals surface area contributed by atoms with Crippen LogP contribution in [-0.4, -0.2) is 11.1 Å². The van der Waals surface area contributed by atoms with Gasteiger partial charge in [0.1, 0.15) is 17.3 Å². The van der Waals surface area contributed by atoms with Gasteiger partial charge in [-0.25, -0.2) is 9.78 Å². The van der Waals surface area contributed by atoms with E-state index in [1.54, 1.807) is 0 Å². The second kappa shape index (κ2) is 6.20. The number of nitrogens with zero attached hydrogens (tertiary/aromatic N) is 2. The molecule has 2 rings (SSSR count). The maximum Gasteiger partial charge on any atom is 0.418 e. The monoisotopic (exact) mass is 311 g/mol. The summed E-state index contributed by atoms with van der Waals surface area (Å²) in [7, 11) is 0. The molecule has 114 valence electrons. The highest BCUT2D eigenvalue weighted by atomic mass is 19.4. The molecular formula is C13H8F3N3O3. The van der Waals surface area contributed by atoms with Crippen LogP contribution in [0.1, 0.15) is 5.56 Å². The van der Waals surface area contributed by atoms with Crippen molar-refractivity contribution in [3.8, 4) is 5.75 Å². The van der Waals surface area contributed by atoms with Gasteiger partial charge in [-0.2, -0.15) is 13.2 Å². The zero-order valence-corrected chi connectivity index (χ0v) is 10.8. The first-order chi connectivity index (χ1) is 10.4. The molecule has 1 N–H and O–H groups in total. The second-order valence-electron chi connectivity index (χ2n) is 4.03. The molecule has 0 aliphatic rings. The predicted molar refractivity (Wildman–Crippen MR) is 70.8 cm³/mol. The van der Waals surface area contributed by atoms with E-state index in [4.69, 9.17) is 4.74 Å². The molecule has 2 aromatic rings. The Morgan fingerprint density at radius 1 is 1.18 bits per heavy atom. The van der Waals surface area contributed by atoms with Crippen molar-refractivity contribution in [2.24, 2.45) is 5.18 Å². The van der Waals surface area contributed by atoms with E-state index in [1.165, 1.54) is 24.3 Å². The summed E-state index contributed by atoms with van der Waals surface area (Å²) in [4.78, 5) is 25.4. The average Bonchev–Trinajstić information content (AvgIpc) is 2.47. The molecule has 1 heterocycles. The van der Waals surface area contributed by atoms with Crippen LogP contribution in [0.3, 0.4) is 0 Å². The first kappa shape index (κ1) is 15.4. The van der Waals surface area contributed by atoms with Crippen LogP contribution in [-0.2, 0) is 6.18 Å². The van der Waals surface area contributed by atoms with Crippen LogP contribution >= 0.6 is 0 Å². The lowest BCUT2D eigenvalue weighted by atomic mass is 10.2. The van der Waals surface area contributed by atoms with Crippen molar-refractivity contribution in [1.29, 1.82) is 0 Å². The second-order valence-corrected chi connectivity index (χ2v) is 4.03. The van der Waals surface area contributed by atoms with E-state index >= 15 is 0 Å². The molecule has 6 nitrogen and oxygen atoms in total. The molecule has 0 aliphatic carbocycles. The molecule has 1 aromatic carbocycles. The van der Waals surface area contributed by atoms with Gasteiger partial charge in [0.25, 0.3) is 0 Å². The third-order valence-electron chi connectivity index (χ3n) is 2.47. The number of anilines is 1. The van der Waals surface area contributed by atoms with Gasteiger partial charge < -0.3 is 4.74 Å². The van der Waals surface area contributed by atoms with Gasteiger partial charge in [0.05, 0.1) is 5.56 Å². The first-order valence-corrected chi connectivity index (χ1v) is 5.84. The number of carbonyl (C=O) groups is 1. The van der Waals surface area contributed by atoms with Crippen molar-refractivity contribution in [2.45, 2.75) is 6.18 Å². The van der Waals surface area contributed by atoms with Crippen LogP contribution in [0.25, 0.3) is 0 Å². The number of benzene rings is 1. The van der Waals surface area contributed by atoms with E-state index in [0.29, 0.717) is 6.07 Å². The van der Waals surface area contributed by atoms with Crippen molar-refractivity contribution in [3.63, 3.8) is 0 Å². The summed E-state index contributed by atoms with van der Waals surface area (Å²) in [5.41, 5.74) is -0.800. The summed E-state index contributed by atoms with van der Waals surface area (Å²) in [6.07, 6.45) is -4.64. The summed E-state index contributed by atoms with van der Waals surface area (Å²) in [6, 6.07) is 6.73. The maximum absolute atomic E-state index is 12.5. The number of halogens is 3. The number of nitroso groups, excluding NO2 is 1. The fourth-order valence-corrected chi connectivity index (χ4v) is 1.49. The summed E-state index contributed by atoms with van der Waals surface area (Å²) < 4.78 is 42.4. The van der Waals surface area contributed by atoms with E-state index in [2.05, 4.69) is 15.5 Å². The van der Waals surface area contributed by atoms with Crippen molar-refractivity contribution < 1.29 is 22.7 Å². The summed E-state index contributed by atoms with van der Waals surface area (Å²) in [6.45, 7) is 0. The number of pyridine rings is 1. The molecule has 0 saturated carbocycles. The molecule has 0 spiro atoms. The summed E-state index contributed by atoms with van der Waals surface area (Å²) in [5.74, 6) is -0.206. The molecule has 0 radical (unpaired) electrons. The lowest BCUT2D eigenvalue weighted by Gasteiger charge is -2.09. The topological polar surface area (TPSA) is 80.6 Å². The van der Waals surface area contributed by atoms with Gasteiger partial charge in [-0.1, -0.05) is 0 Å². The lowest BCUT2D eigenvalue weighted by Crippen LogP contribution is -2.18. The normalized spacial score (nSPS) is 10.9. The minimum absolute atomic E-state index is 0.0943. The van der Waals surface area contributed by atoms with Crippen molar-refractivity contribution in [1.82, 2.24) is 4.98 Å². The van der Waals surface area contributed by atoms with Crippen molar-refractivity contribution in [2.75, 3.05) is 5.32 Å². The lowest BCUT2D eigenvalue weighted by molar-refractivity contribution is -0.137. The van der Waals surface area contributed by atoms with E-state index in [9.17, 15) is 22.9 Å². The number of ether oxygens (including phenoxy) is 1. The Morgan fingerprint density at radius 2 is 1.86 bits per heavy atom. The summed E-state index contributed by atoms with van der Waals surface area (Å²) >= 11 is 0. The van der Waals surface area contributed by atoms with Gasteiger partial charge in [0.2, 0.25) is 0 Å². The highest BCUT2D eigenvalue weighted by Crippen LogP contribution is 2.29. The van der Waals surface area contributed by atoms with E-state index in [1.807, 2.05) is 0 Å². The van der Waals surface area contributed by atoms with Gasteiger partial charge in [0, 0.05) is 6.20 Å². The third kappa shape index (κ3) is 4.01. The number of nitrogens with one attached hydrogen (secondary N) is 1. The Hall–Kier alpha value is -2.97. The zero-order chi connectivity index (χ0) is 16.2. The fraction of sp³-hybridized carbons (Fsp3) is 0.0769. The number of carbonyl (C=O) groups excluding carboxylic acids is 1. The van der Waals surface area contributed by atoms with Crippen LogP contribution in [0, 0.1) is 4.91 Å². The van der Waals surface area contributed by atoms with Crippen LogP contribution in [0.4, 0.5) is 29.5 Å². The van der Waals surface area contributed by atoms with Gasteiger partial charge >= 0.3 is 12.3 Å². The SMILES string of the molecule is O=Nc1ccc(OC(=O)Nc2cc(C(F)(F)F)ccn2)cc1. The number of hydrogen-bond acceptors (Lipinski definition) is 5. The minimum atomic E-state index is -4.54. The largest absolute Gasteiger partial charge is 0.418 e. The number of rotatable bonds is 3. The van der Waals surface area contributed by atoms with E-state index < -0.39 is 17.8 Å². The Bertz CT molecular complexity index is 687. The van der Waals surface area contributed by atoms with Gasteiger partial charge in [-0.15, -0.1) is 4.91 Å². The molecule has 1 amide bonds. The van der Waals surface area contributed by atoms with Gasteiger partial charge in [0.15, 0.2) is 0 Å². The Labute approximate surface area is 121 Å². The number of alkyl halides is 3. The van der Waals surface area contributed by atoms with Gasteiger partial charge in [-0.05, 0) is 41.6 Å². The highest BCUT2D eigenvalue weighted by Gasteiger charge is 2.30. The van der Waals surface area contributed by atoms with Crippen LogP contribution in [0.5, 0.6) is 5.75 Å². The highest BCUT2D eigenvalue weighted by molar-refractivity contribution is 5.85. The average molecular weight is 311 g/mol. The van der Waals surface area contributed by atoms with Crippen molar-refractivity contribution in [3.05, 3.63) is 53.1 Å². The van der Waals surface area contributed by atoms with Gasteiger partial charge in [-0.3, -0.25) is 5.32 Å². The summed E-state index contributed by atoms with van der Waals surface area (Å²) in [5, 5.41) is 4.74. The fourth-order valence-electron chi connectivity index (χ4n) is 1.49. The minimum Gasteiger partial charge on any atom is -0.410 e. The molecule has 0 saturated heterocycles. The molecule has 0 unspecified atom stereocenters. The number of aromatic nitrogens is 1. The third-order valence-corrected chi connectivity index (χ3v) is 2.47. The van der Waals surface area contributed by atoms with E-state index in [-0.39, 0.29) is 17.3 Å². The zero-order valence-electron chi connectivity index (χ0n) is 10.8. The Kier molecular flexibility index (Phi) is 4.35. The predicted octanol–water partition coefficient (Wildman–Crippen LogP) is 4.11. The smallest absolute Gasteiger partial charge is 0.410 e. The molecule has 9 heteroatoms. The molecule has 0 bridgehead atoms. The molecule has 0 aliphatic heterocycles. The number of hydrogen-bond donors (Lipinski definition) is 1. The molecule has 1 aromatic heterocycles. The van der Waals surface area contributed by atoms with E-state index in [0.717, 1.165) is 12.3 Å². The molecular weight excluding hydrogens is 303 g/mol. The first-order valence-electron chi connectivity index (χ1n) is 5.84. The van der Waals surface area contributed by atoms with Crippen molar-refractivity contribution >= 4 is 17.6 Å². The standard InChI is InChI=1S/C13H8F3N3O3/c14-13(15,16)8-5-6-17-11(7-8)18-12(20)22-10-3-1-9(19-21)2-4-10/h1-7H,(H,17,18,20). The quantitative estimate of drug-likeness (QED) is 0.865. The molecule has 0 fully saturated rings. The maximum atomic E-state index is 12.5. The Balaban J connectivity index is 2.04. The number of amides is 1. The molecule has 0 atom stereocenters. The Morgan fingerprint density at radius 3 is 2.45 bits per heavy atom. The molecule has 22 heavy (non-hydrogen) atoms.